The first kappa shape index (κ1) is 18.7. The fraction of sp³-hybridized carbons (Fsp3) is 0.174. The fourth-order valence-electron chi connectivity index (χ4n) is 3.10. The van der Waals surface area contributed by atoms with Crippen LogP contribution >= 0.6 is 0 Å². The molecule has 146 valence electrons. The smallest absolute Gasteiger partial charge is 0.289 e. The van der Waals surface area contributed by atoms with Crippen molar-refractivity contribution >= 4 is 5.91 Å². The molecule has 0 saturated heterocycles. The van der Waals surface area contributed by atoms with Gasteiger partial charge >= 0.3 is 0 Å². The van der Waals surface area contributed by atoms with E-state index in [2.05, 4.69) is 18.0 Å². The van der Waals surface area contributed by atoms with Crippen molar-refractivity contribution in [2.45, 2.75) is 13.5 Å². The number of carbonyl (C=O) groups is 1. The van der Waals surface area contributed by atoms with Crippen LogP contribution in [0.15, 0.2) is 71.4 Å². The van der Waals surface area contributed by atoms with Crippen LogP contribution in [0.3, 0.4) is 0 Å². The molecule has 4 aromatic rings. The van der Waals surface area contributed by atoms with Crippen LogP contribution in [0.25, 0.3) is 22.6 Å². The van der Waals surface area contributed by atoms with E-state index in [1.165, 1.54) is 4.90 Å². The number of furan rings is 1. The molecule has 29 heavy (non-hydrogen) atoms. The number of pyridine rings is 1. The highest BCUT2D eigenvalue weighted by atomic mass is 16.4. The summed E-state index contributed by atoms with van der Waals surface area (Å²) in [5, 5.41) is 4.69. The Balaban J connectivity index is 1.58. The van der Waals surface area contributed by atoms with E-state index in [9.17, 15) is 4.79 Å². The van der Waals surface area contributed by atoms with Crippen LogP contribution in [-0.4, -0.2) is 39.7 Å². The van der Waals surface area contributed by atoms with Crippen molar-refractivity contribution < 1.29 is 9.21 Å². The van der Waals surface area contributed by atoms with Crippen molar-refractivity contribution in [3.63, 3.8) is 0 Å². The van der Waals surface area contributed by atoms with Crippen LogP contribution in [0.5, 0.6) is 0 Å². The van der Waals surface area contributed by atoms with E-state index in [1.54, 1.807) is 26.4 Å². The molecule has 0 atom stereocenters. The third-order valence-corrected chi connectivity index (χ3v) is 4.74. The molecule has 3 aromatic heterocycles. The maximum atomic E-state index is 12.1. The van der Waals surface area contributed by atoms with Crippen LogP contribution in [0.1, 0.15) is 21.8 Å². The highest BCUT2D eigenvalue weighted by molar-refractivity contribution is 5.91. The van der Waals surface area contributed by atoms with Gasteiger partial charge in [-0.25, -0.2) is 0 Å². The number of hydrogen-bond donors (Lipinski definition) is 0. The molecule has 0 unspecified atom stereocenters. The highest BCUT2D eigenvalue weighted by Gasteiger charge is 2.14. The Bertz CT molecular complexity index is 1160. The topological polar surface area (TPSA) is 64.2 Å². The fourth-order valence-corrected chi connectivity index (χ4v) is 3.10. The Morgan fingerprint density at radius 2 is 1.90 bits per heavy atom. The van der Waals surface area contributed by atoms with Crippen molar-refractivity contribution in [1.29, 1.82) is 0 Å². The van der Waals surface area contributed by atoms with E-state index in [1.807, 2.05) is 53.3 Å². The number of benzene rings is 1. The van der Waals surface area contributed by atoms with E-state index in [-0.39, 0.29) is 5.91 Å². The summed E-state index contributed by atoms with van der Waals surface area (Å²) >= 11 is 0. The Morgan fingerprint density at radius 3 is 2.69 bits per heavy atom. The Hall–Kier alpha value is -3.67. The van der Waals surface area contributed by atoms with Gasteiger partial charge in [0, 0.05) is 37.6 Å². The van der Waals surface area contributed by atoms with E-state index in [0.29, 0.717) is 18.1 Å². The molecule has 0 bridgehead atoms. The predicted molar refractivity (Wildman–Crippen MR) is 111 cm³/mol. The summed E-state index contributed by atoms with van der Waals surface area (Å²) in [6, 6.07) is 17.4. The number of rotatable bonds is 5. The minimum absolute atomic E-state index is 0.157. The minimum Gasteiger partial charge on any atom is -0.451 e. The van der Waals surface area contributed by atoms with Crippen molar-refractivity contribution in [2.24, 2.45) is 0 Å². The summed E-state index contributed by atoms with van der Waals surface area (Å²) in [5.41, 5.74) is 4.90. The molecule has 3 heterocycles. The van der Waals surface area contributed by atoms with Crippen molar-refractivity contribution in [2.75, 3.05) is 14.1 Å². The van der Waals surface area contributed by atoms with Gasteiger partial charge in [0.05, 0.1) is 17.9 Å². The van der Waals surface area contributed by atoms with Crippen molar-refractivity contribution in [3.8, 4) is 22.6 Å². The maximum Gasteiger partial charge on any atom is 0.289 e. The molecule has 6 nitrogen and oxygen atoms in total. The molecular formula is C23H22N4O2. The summed E-state index contributed by atoms with van der Waals surface area (Å²) in [6.07, 6.45) is 3.76. The molecule has 0 radical (unpaired) electrons. The van der Waals surface area contributed by atoms with E-state index in [0.717, 1.165) is 28.1 Å². The van der Waals surface area contributed by atoms with E-state index >= 15 is 0 Å². The normalized spacial score (nSPS) is 10.9. The average molecular weight is 386 g/mol. The van der Waals surface area contributed by atoms with Crippen LogP contribution < -0.4 is 0 Å². The summed E-state index contributed by atoms with van der Waals surface area (Å²) < 4.78 is 7.64. The largest absolute Gasteiger partial charge is 0.451 e. The van der Waals surface area contributed by atoms with Crippen LogP contribution in [0.2, 0.25) is 0 Å². The summed E-state index contributed by atoms with van der Waals surface area (Å²) in [7, 11) is 3.40. The maximum absolute atomic E-state index is 12.1. The third kappa shape index (κ3) is 3.96. The molecule has 0 aliphatic rings. The monoisotopic (exact) mass is 386 g/mol. The van der Waals surface area contributed by atoms with Gasteiger partial charge < -0.3 is 9.32 Å². The van der Waals surface area contributed by atoms with Crippen LogP contribution in [0, 0.1) is 6.92 Å². The number of nitrogens with zero attached hydrogens (tertiary/aromatic N) is 4. The van der Waals surface area contributed by atoms with E-state index < -0.39 is 0 Å². The van der Waals surface area contributed by atoms with Crippen LogP contribution in [-0.2, 0) is 6.54 Å². The Morgan fingerprint density at radius 1 is 1.07 bits per heavy atom. The predicted octanol–water partition coefficient (Wildman–Crippen LogP) is 4.26. The van der Waals surface area contributed by atoms with Gasteiger partial charge in [-0.3, -0.25) is 14.5 Å². The van der Waals surface area contributed by atoms with Gasteiger partial charge in [0.2, 0.25) is 0 Å². The van der Waals surface area contributed by atoms with Crippen molar-refractivity contribution in [3.05, 3.63) is 84.0 Å². The zero-order valence-corrected chi connectivity index (χ0v) is 16.7. The molecule has 1 amide bonds. The van der Waals surface area contributed by atoms with Gasteiger partial charge in [-0.05, 0) is 42.8 Å². The summed E-state index contributed by atoms with van der Waals surface area (Å²) in [5.74, 6) is 0.821. The highest BCUT2D eigenvalue weighted by Crippen LogP contribution is 2.27. The molecule has 0 fully saturated rings. The molecule has 4 rings (SSSR count). The molecule has 0 aliphatic carbocycles. The second-order valence-electron chi connectivity index (χ2n) is 7.11. The van der Waals surface area contributed by atoms with Gasteiger partial charge in [-0.2, -0.15) is 5.10 Å². The van der Waals surface area contributed by atoms with Gasteiger partial charge in [0.1, 0.15) is 5.76 Å². The standard InChI is InChI=1S/C23H22N4O2/c1-16-6-5-12-24-20(16)15-27-13-11-19(25-27)17-7-4-8-18(14-17)21-9-10-22(29-21)23(28)26(2)3/h4-14H,15H2,1-3H3. The van der Waals surface area contributed by atoms with E-state index in [4.69, 9.17) is 9.52 Å². The first-order valence-electron chi connectivity index (χ1n) is 9.37. The lowest BCUT2D eigenvalue weighted by Gasteiger charge is -2.07. The molecular weight excluding hydrogens is 364 g/mol. The SMILES string of the molecule is Cc1cccnc1Cn1ccc(-c2cccc(-c3ccc(C(=O)N(C)C)o3)c2)n1. The number of aryl methyl sites for hydroxylation is 1. The second kappa shape index (κ2) is 7.75. The van der Waals surface area contributed by atoms with Crippen LogP contribution in [0.4, 0.5) is 0 Å². The number of hydrogen-bond acceptors (Lipinski definition) is 4. The minimum atomic E-state index is -0.157. The summed E-state index contributed by atoms with van der Waals surface area (Å²) in [4.78, 5) is 18.0. The number of aromatic nitrogens is 3. The Kier molecular flexibility index (Phi) is 4.99. The molecule has 0 aliphatic heterocycles. The zero-order chi connectivity index (χ0) is 20.4. The Labute approximate surface area is 169 Å². The first-order chi connectivity index (χ1) is 14.0. The zero-order valence-electron chi connectivity index (χ0n) is 16.7. The quantitative estimate of drug-likeness (QED) is 0.514. The molecule has 0 N–H and O–H groups in total. The molecule has 0 spiro atoms. The summed E-state index contributed by atoms with van der Waals surface area (Å²) in [6.45, 7) is 2.68. The lowest BCUT2D eigenvalue weighted by Crippen LogP contribution is -2.20. The second-order valence-corrected chi connectivity index (χ2v) is 7.11. The average Bonchev–Trinajstić information content (AvgIpc) is 3.39. The third-order valence-electron chi connectivity index (χ3n) is 4.74. The molecule has 1 aromatic carbocycles. The van der Waals surface area contributed by atoms with Crippen molar-refractivity contribution in [1.82, 2.24) is 19.7 Å². The molecule has 0 saturated carbocycles. The van der Waals surface area contributed by atoms with Gasteiger partial charge in [-0.1, -0.05) is 24.3 Å². The van der Waals surface area contributed by atoms with Gasteiger partial charge in [0.25, 0.3) is 5.91 Å². The van der Waals surface area contributed by atoms with Gasteiger partial charge in [-0.15, -0.1) is 0 Å². The number of amides is 1. The number of carbonyl (C=O) groups excluding carboxylic acids is 1. The van der Waals surface area contributed by atoms with Gasteiger partial charge in [0.15, 0.2) is 5.76 Å². The lowest BCUT2D eigenvalue weighted by molar-refractivity contribution is 0.0797. The molecule has 6 heteroatoms. The lowest BCUT2D eigenvalue weighted by atomic mass is 10.1. The first-order valence-corrected chi connectivity index (χ1v) is 9.37.